The van der Waals surface area contributed by atoms with E-state index in [4.69, 9.17) is 0 Å². The minimum atomic E-state index is -1.11. The largest absolute Gasteiger partial charge is 0.481 e. The first kappa shape index (κ1) is 16.2. The zero-order valence-corrected chi connectivity index (χ0v) is 12.9. The Kier molecular flexibility index (Phi) is 4.12. The first-order chi connectivity index (χ1) is 10.2. The molecule has 0 aromatic carbocycles. The summed E-state index contributed by atoms with van der Waals surface area (Å²) in [5.41, 5.74) is -0.383. The average molecular weight is 304 g/mol. The van der Waals surface area contributed by atoms with Gasteiger partial charge in [0.25, 0.3) is 0 Å². The number of carbonyl (C=O) groups is 2. The number of aliphatic carboxylic acids is 2. The van der Waals surface area contributed by atoms with E-state index < -0.39 is 23.3 Å². The zero-order valence-electron chi connectivity index (χ0n) is 12.9. The van der Waals surface area contributed by atoms with E-state index in [0.717, 1.165) is 0 Å². The van der Waals surface area contributed by atoms with Crippen LogP contribution in [0.5, 0.6) is 0 Å². The van der Waals surface area contributed by atoms with Crippen LogP contribution in [-0.4, -0.2) is 47.2 Å². The quantitative estimate of drug-likeness (QED) is 0.763. The standard InChI is InChI=1S/C16H20N2O4/c1-9-11(14(19)20)4-5-16(2,13(9)15(21)22)12-8-18(3)7-10(12)6-17/h4-5,10-12H,7-8H2,1-3H3,(H,19,20)(H,21,22)/t10-,11?,12-,16?/m0/s1. The van der Waals surface area contributed by atoms with Gasteiger partial charge in [0.15, 0.2) is 0 Å². The van der Waals surface area contributed by atoms with Crippen LogP contribution in [0.2, 0.25) is 0 Å². The molecule has 1 aliphatic heterocycles. The lowest BCUT2D eigenvalue weighted by Gasteiger charge is -2.39. The second kappa shape index (κ2) is 5.58. The minimum Gasteiger partial charge on any atom is -0.481 e. The lowest BCUT2D eigenvalue weighted by Crippen LogP contribution is -2.39. The molecule has 2 aliphatic rings. The molecule has 0 radical (unpaired) electrons. The average Bonchev–Trinajstić information content (AvgIpc) is 2.79. The Labute approximate surface area is 129 Å². The highest BCUT2D eigenvalue weighted by Crippen LogP contribution is 2.48. The van der Waals surface area contributed by atoms with Gasteiger partial charge in [0, 0.05) is 30.0 Å². The van der Waals surface area contributed by atoms with Crippen molar-refractivity contribution in [2.75, 3.05) is 20.1 Å². The molecule has 0 aromatic heterocycles. The van der Waals surface area contributed by atoms with Crippen LogP contribution in [0.4, 0.5) is 0 Å². The Balaban J connectivity index is 2.54. The number of carboxylic acids is 2. The van der Waals surface area contributed by atoms with E-state index in [9.17, 15) is 25.1 Å². The lowest BCUT2D eigenvalue weighted by atomic mass is 9.63. The summed E-state index contributed by atoms with van der Waals surface area (Å²) in [4.78, 5) is 25.1. The van der Waals surface area contributed by atoms with Crippen molar-refractivity contribution < 1.29 is 19.8 Å². The van der Waals surface area contributed by atoms with Gasteiger partial charge in [-0.3, -0.25) is 4.79 Å². The van der Waals surface area contributed by atoms with Crippen molar-refractivity contribution in [1.82, 2.24) is 4.90 Å². The normalized spacial score (nSPS) is 35.5. The molecule has 4 atom stereocenters. The summed E-state index contributed by atoms with van der Waals surface area (Å²) in [7, 11) is 1.90. The topological polar surface area (TPSA) is 102 Å². The molecule has 6 nitrogen and oxygen atoms in total. The van der Waals surface area contributed by atoms with Crippen molar-refractivity contribution in [3.63, 3.8) is 0 Å². The van der Waals surface area contributed by atoms with Crippen LogP contribution in [0.3, 0.4) is 0 Å². The molecule has 1 saturated heterocycles. The summed E-state index contributed by atoms with van der Waals surface area (Å²) in [6, 6.07) is 2.27. The Hall–Kier alpha value is -2.13. The van der Waals surface area contributed by atoms with Crippen molar-refractivity contribution in [1.29, 1.82) is 5.26 Å². The molecule has 0 amide bonds. The molecule has 22 heavy (non-hydrogen) atoms. The molecule has 0 spiro atoms. The molecule has 2 N–H and O–H groups in total. The molecule has 0 aromatic rings. The van der Waals surface area contributed by atoms with Crippen molar-refractivity contribution >= 4 is 11.9 Å². The van der Waals surface area contributed by atoms with E-state index >= 15 is 0 Å². The Morgan fingerprint density at radius 2 is 2.05 bits per heavy atom. The van der Waals surface area contributed by atoms with Crippen molar-refractivity contribution in [3.8, 4) is 6.07 Å². The molecular formula is C16H20N2O4. The summed E-state index contributed by atoms with van der Waals surface area (Å²) in [6.45, 7) is 4.56. The van der Waals surface area contributed by atoms with Gasteiger partial charge < -0.3 is 15.1 Å². The summed E-state index contributed by atoms with van der Waals surface area (Å²) < 4.78 is 0. The smallest absolute Gasteiger partial charge is 0.332 e. The summed E-state index contributed by atoms with van der Waals surface area (Å²) in [6.07, 6.45) is 3.23. The number of nitrogens with zero attached hydrogens (tertiary/aromatic N) is 2. The van der Waals surface area contributed by atoms with Crippen LogP contribution in [0.15, 0.2) is 23.3 Å². The van der Waals surface area contributed by atoms with Crippen LogP contribution < -0.4 is 0 Å². The van der Waals surface area contributed by atoms with Crippen LogP contribution in [0.25, 0.3) is 0 Å². The molecular weight excluding hydrogens is 284 g/mol. The number of allylic oxidation sites excluding steroid dienone is 1. The molecule has 2 unspecified atom stereocenters. The molecule has 0 saturated carbocycles. The molecule has 6 heteroatoms. The highest BCUT2D eigenvalue weighted by atomic mass is 16.4. The Morgan fingerprint density at radius 3 is 2.55 bits per heavy atom. The van der Waals surface area contributed by atoms with Crippen LogP contribution in [0.1, 0.15) is 13.8 Å². The first-order valence-corrected chi connectivity index (χ1v) is 7.17. The highest BCUT2D eigenvalue weighted by Gasteiger charge is 2.49. The fraction of sp³-hybridized carbons (Fsp3) is 0.562. The Morgan fingerprint density at radius 1 is 1.41 bits per heavy atom. The maximum atomic E-state index is 11.8. The summed E-state index contributed by atoms with van der Waals surface area (Å²) >= 11 is 0. The predicted molar refractivity (Wildman–Crippen MR) is 78.8 cm³/mol. The van der Waals surface area contributed by atoms with E-state index in [1.165, 1.54) is 0 Å². The third kappa shape index (κ3) is 2.42. The van der Waals surface area contributed by atoms with Crippen LogP contribution >= 0.6 is 0 Å². The minimum absolute atomic E-state index is 0.114. The molecule has 2 rings (SSSR count). The molecule has 118 valence electrons. The SMILES string of the molecule is CC1=C(C(=O)O)C(C)([C@H]2CN(C)C[C@@H]2C#N)C=CC1C(=O)O. The molecule has 1 heterocycles. The first-order valence-electron chi connectivity index (χ1n) is 7.17. The number of hydrogen-bond acceptors (Lipinski definition) is 4. The van der Waals surface area contributed by atoms with Gasteiger partial charge in [-0.15, -0.1) is 0 Å². The number of nitriles is 1. The maximum absolute atomic E-state index is 11.8. The van der Waals surface area contributed by atoms with Gasteiger partial charge in [-0.25, -0.2) is 4.79 Å². The fourth-order valence-electron chi connectivity index (χ4n) is 3.82. The zero-order chi connectivity index (χ0) is 16.7. The van der Waals surface area contributed by atoms with E-state index in [-0.39, 0.29) is 17.4 Å². The van der Waals surface area contributed by atoms with Gasteiger partial charge in [-0.1, -0.05) is 19.1 Å². The van der Waals surface area contributed by atoms with Gasteiger partial charge in [-0.05, 0) is 19.5 Å². The molecule has 1 fully saturated rings. The van der Waals surface area contributed by atoms with Crippen molar-refractivity contribution in [2.24, 2.45) is 23.2 Å². The van der Waals surface area contributed by atoms with Crippen molar-refractivity contribution in [2.45, 2.75) is 13.8 Å². The number of carboxylic acid groups (broad SMARTS) is 2. The van der Waals surface area contributed by atoms with Gasteiger partial charge in [0.2, 0.25) is 0 Å². The summed E-state index contributed by atoms with van der Waals surface area (Å²) in [5, 5.41) is 28.3. The van der Waals surface area contributed by atoms with E-state index in [2.05, 4.69) is 6.07 Å². The van der Waals surface area contributed by atoms with E-state index in [1.54, 1.807) is 26.0 Å². The van der Waals surface area contributed by atoms with Crippen LogP contribution in [0, 0.1) is 34.5 Å². The van der Waals surface area contributed by atoms with E-state index in [1.807, 2.05) is 11.9 Å². The van der Waals surface area contributed by atoms with Crippen molar-refractivity contribution in [3.05, 3.63) is 23.3 Å². The van der Waals surface area contributed by atoms with Gasteiger partial charge in [-0.2, -0.15) is 5.26 Å². The second-order valence-corrected chi connectivity index (χ2v) is 6.38. The predicted octanol–water partition coefficient (Wildman–Crippen LogP) is 1.37. The van der Waals surface area contributed by atoms with E-state index in [0.29, 0.717) is 18.7 Å². The lowest BCUT2D eigenvalue weighted by molar-refractivity contribution is -0.139. The number of hydrogen-bond donors (Lipinski definition) is 2. The van der Waals surface area contributed by atoms with Gasteiger partial charge in [0.1, 0.15) is 0 Å². The maximum Gasteiger partial charge on any atom is 0.332 e. The third-order valence-electron chi connectivity index (χ3n) is 4.95. The Bertz CT molecular complexity index is 616. The van der Waals surface area contributed by atoms with Gasteiger partial charge in [0.05, 0.1) is 17.9 Å². The summed E-state index contributed by atoms with van der Waals surface area (Å²) in [5.74, 6) is -3.53. The molecule has 0 bridgehead atoms. The third-order valence-corrected chi connectivity index (χ3v) is 4.95. The highest BCUT2D eigenvalue weighted by molar-refractivity contribution is 5.92. The molecule has 1 aliphatic carbocycles. The number of rotatable bonds is 3. The second-order valence-electron chi connectivity index (χ2n) is 6.38. The van der Waals surface area contributed by atoms with Gasteiger partial charge >= 0.3 is 11.9 Å². The fourth-order valence-corrected chi connectivity index (χ4v) is 3.82. The number of likely N-dealkylation sites (tertiary alicyclic amines) is 1. The van der Waals surface area contributed by atoms with Crippen LogP contribution in [-0.2, 0) is 9.59 Å². The monoisotopic (exact) mass is 304 g/mol.